The Morgan fingerprint density at radius 1 is 1.03 bits per heavy atom. The number of nitrogens with one attached hydrogen (secondary N) is 1. The van der Waals surface area contributed by atoms with Gasteiger partial charge < -0.3 is 14.8 Å². The van der Waals surface area contributed by atoms with Crippen LogP contribution in [0.5, 0.6) is 11.5 Å². The SMILES string of the molecule is COc1ccc(OCc2nnc(SCC(=O)Nc3ccccc3F)n2-c2cc(C)ccc2C)cc1. The lowest BCUT2D eigenvalue weighted by Crippen LogP contribution is -2.15. The smallest absolute Gasteiger partial charge is 0.234 e. The second-order valence-electron chi connectivity index (χ2n) is 7.81. The van der Waals surface area contributed by atoms with Gasteiger partial charge in [0.25, 0.3) is 0 Å². The standard InChI is InChI=1S/C26H25FN4O3S/c1-17-8-9-18(2)23(14-17)31-24(15-34-20-12-10-19(33-3)11-13-20)29-30-26(31)35-16-25(32)28-22-7-5-4-6-21(22)27/h4-14H,15-16H2,1-3H3,(H,28,32). The average Bonchev–Trinajstić information content (AvgIpc) is 3.27. The van der Waals surface area contributed by atoms with Crippen LogP contribution in [0.3, 0.4) is 0 Å². The van der Waals surface area contributed by atoms with Crippen molar-refractivity contribution in [2.45, 2.75) is 25.6 Å². The van der Waals surface area contributed by atoms with Crippen LogP contribution in [0.4, 0.5) is 10.1 Å². The Hall–Kier alpha value is -3.85. The minimum Gasteiger partial charge on any atom is -0.497 e. The molecule has 0 unspecified atom stereocenters. The molecule has 0 aliphatic carbocycles. The molecule has 1 N–H and O–H groups in total. The highest BCUT2D eigenvalue weighted by Gasteiger charge is 2.18. The van der Waals surface area contributed by atoms with Crippen molar-refractivity contribution in [1.82, 2.24) is 14.8 Å². The van der Waals surface area contributed by atoms with Gasteiger partial charge in [-0.2, -0.15) is 0 Å². The third-order valence-electron chi connectivity index (χ3n) is 5.21. The molecule has 0 atom stereocenters. The van der Waals surface area contributed by atoms with Crippen molar-refractivity contribution >= 4 is 23.4 Å². The Kier molecular flexibility index (Phi) is 7.67. The number of rotatable bonds is 9. The molecule has 0 aliphatic heterocycles. The fourth-order valence-electron chi connectivity index (χ4n) is 3.39. The predicted octanol–water partition coefficient (Wildman–Crippen LogP) is 5.34. The second-order valence-corrected chi connectivity index (χ2v) is 8.75. The number of aryl methyl sites for hydroxylation is 2. The molecule has 1 amide bonds. The molecule has 0 bridgehead atoms. The number of hydrogen-bond donors (Lipinski definition) is 1. The summed E-state index contributed by atoms with van der Waals surface area (Å²) < 4.78 is 26.9. The Labute approximate surface area is 207 Å². The van der Waals surface area contributed by atoms with Crippen LogP contribution >= 0.6 is 11.8 Å². The zero-order valence-corrected chi connectivity index (χ0v) is 20.4. The number of anilines is 1. The summed E-state index contributed by atoms with van der Waals surface area (Å²) in [5, 5.41) is 11.8. The van der Waals surface area contributed by atoms with Gasteiger partial charge in [-0.25, -0.2) is 4.39 Å². The summed E-state index contributed by atoms with van der Waals surface area (Å²) in [5.41, 5.74) is 3.15. The quantitative estimate of drug-likeness (QED) is 0.318. The molecule has 0 saturated carbocycles. The fraction of sp³-hybridized carbons (Fsp3) is 0.192. The lowest BCUT2D eigenvalue weighted by atomic mass is 10.1. The largest absolute Gasteiger partial charge is 0.497 e. The molecule has 1 aromatic heterocycles. The van der Waals surface area contributed by atoms with Crippen LogP contribution in [0.1, 0.15) is 17.0 Å². The topological polar surface area (TPSA) is 78.3 Å². The van der Waals surface area contributed by atoms with E-state index in [1.165, 1.54) is 23.9 Å². The molecule has 0 radical (unpaired) electrons. The highest BCUT2D eigenvalue weighted by molar-refractivity contribution is 7.99. The Morgan fingerprint density at radius 2 is 1.77 bits per heavy atom. The molecule has 35 heavy (non-hydrogen) atoms. The van der Waals surface area contributed by atoms with Crippen LogP contribution in [-0.4, -0.2) is 33.5 Å². The number of hydrogen-bond acceptors (Lipinski definition) is 6. The summed E-state index contributed by atoms with van der Waals surface area (Å²) in [4.78, 5) is 12.5. The number of nitrogens with zero attached hydrogens (tertiary/aromatic N) is 3. The van der Waals surface area contributed by atoms with E-state index >= 15 is 0 Å². The van der Waals surface area contributed by atoms with Gasteiger partial charge in [-0.05, 0) is 67.4 Å². The van der Waals surface area contributed by atoms with Gasteiger partial charge in [-0.3, -0.25) is 9.36 Å². The summed E-state index contributed by atoms with van der Waals surface area (Å²) in [6.45, 7) is 4.19. The van der Waals surface area contributed by atoms with E-state index < -0.39 is 5.82 Å². The van der Waals surface area contributed by atoms with Gasteiger partial charge in [0.15, 0.2) is 11.0 Å². The molecule has 0 spiro atoms. The first-order valence-electron chi connectivity index (χ1n) is 10.9. The van der Waals surface area contributed by atoms with Crippen molar-refractivity contribution in [3.8, 4) is 17.2 Å². The lowest BCUT2D eigenvalue weighted by Gasteiger charge is -2.14. The van der Waals surface area contributed by atoms with Gasteiger partial charge >= 0.3 is 0 Å². The molecular weight excluding hydrogens is 467 g/mol. The maximum absolute atomic E-state index is 13.9. The normalized spacial score (nSPS) is 10.7. The number of ether oxygens (including phenoxy) is 2. The third-order valence-corrected chi connectivity index (χ3v) is 6.14. The van der Waals surface area contributed by atoms with E-state index in [9.17, 15) is 9.18 Å². The van der Waals surface area contributed by atoms with Crippen LogP contribution in [0, 0.1) is 19.7 Å². The van der Waals surface area contributed by atoms with E-state index in [0.717, 1.165) is 22.6 Å². The van der Waals surface area contributed by atoms with Crippen molar-refractivity contribution in [3.05, 3.63) is 89.5 Å². The first-order valence-corrected chi connectivity index (χ1v) is 11.9. The third kappa shape index (κ3) is 5.99. The summed E-state index contributed by atoms with van der Waals surface area (Å²) >= 11 is 1.22. The first-order chi connectivity index (χ1) is 16.9. The average molecular weight is 493 g/mol. The molecule has 3 aromatic carbocycles. The molecule has 1 heterocycles. The molecule has 180 valence electrons. The molecule has 4 rings (SSSR count). The summed E-state index contributed by atoms with van der Waals surface area (Å²) in [5.74, 6) is 1.21. The number of halogens is 1. The fourth-order valence-corrected chi connectivity index (χ4v) is 4.15. The molecule has 7 nitrogen and oxygen atoms in total. The molecule has 4 aromatic rings. The Morgan fingerprint density at radius 3 is 2.51 bits per heavy atom. The molecule has 0 saturated heterocycles. The minimum absolute atomic E-state index is 0.0384. The number of amides is 1. The van der Waals surface area contributed by atoms with E-state index in [1.807, 2.05) is 60.9 Å². The highest BCUT2D eigenvalue weighted by atomic mass is 32.2. The maximum atomic E-state index is 13.9. The van der Waals surface area contributed by atoms with Crippen LogP contribution in [-0.2, 0) is 11.4 Å². The van der Waals surface area contributed by atoms with Crippen LogP contribution < -0.4 is 14.8 Å². The van der Waals surface area contributed by atoms with Crippen molar-refractivity contribution in [2.24, 2.45) is 0 Å². The molecule has 9 heteroatoms. The summed E-state index contributed by atoms with van der Waals surface area (Å²) in [6.07, 6.45) is 0. The molecule has 0 fully saturated rings. The lowest BCUT2D eigenvalue weighted by molar-refractivity contribution is -0.113. The van der Waals surface area contributed by atoms with E-state index in [2.05, 4.69) is 15.5 Å². The predicted molar refractivity (Wildman–Crippen MR) is 134 cm³/mol. The number of benzene rings is 3. The van der Waals surface area contributed by atoms with Crippen molar-refractivity contribution in [1.29, 1.82) is 0 Å². The Bertz CT molecular complexity index is 1320. The summed E-state index contributed by atoms with van der Waals surface area (Å²) in [7, 11) is 1.61. The van der Waals surface area contributed by atoms with Crippen LogP contribution in [0.25, 0.3) is 5.69 Å². The molecular formula is C26H25FN4O3S. The second kappa shape index (κ2) is 11.1. The number of carbonyl (C=O) groups is 1. The Balaban J connectivity index is 1.55. The number of thioether (sulfide) groups is 1. The highest BCUT2D eigenvalue weighted by Crippen LogP contribution is 2.27. The van der Waals surface area contributed by atoms with E-state index in [4.69, 9.17) is 9.47 Å². The van der Waals surface area contributed by atoms with Crippen molar-refractivity contribution < 1.29 is 18.7 Å². The minimum atomic E-state index is -0.484. The van der Waals surface area contributed by atoms with Gasteiger partial charge in [0.2, 0.25) is 5.91 Å². The maximum Gasteiger partial charge on any atom is 0.234 e. The zero-order chi connectivity index (χ0) is 24.8. The van der Waals surface area contributed by atoms with Gasteiger partial charge in [-0.1, -0.05) is 36.0 Å². The van der Waals surface area contributed by atoms with Crippen LogP contribution in [0.2, 0.25) is 0 Å². The van der Waals surface area contributed by atoms with Gasteiger partial charge in [-0.15, -0.1) is 10.2 Å². The summed E-state index contributed by atoms with van der Waals surface area (Å²) in [6, 6.07) is 19.4. The molecule has 0 aliphatic rings. The van der Waals surface area contributed by atoms with Crippen molar-refractivity contribution in [3.63, 3.8) is 0 Å². The van der Waals surface area contributed by atoms with Gasteiger partial charge in [0.1, 0.15) is 23.9 Å². The van der Waals surface area contributed by atoms with E-state index in [-0.39, 0.29) is 24.0 Å². The van der Waals surface area contributed by atoms with Crippen molar-refractivity contribution in [2.75, 3.05) is 18.2 Å². The number of methoxy groups -OCH3 is 1. The number of carbonyl (C=O) groups excluding carboxylic acids is 1. The van der Waals surface area contributed by atoms with Gasteiger partial charge in [0, 0.05) is 0 Å². The first kappa shape index (κ1) is 24.3. The zero-order valence-electron chi connectivity index (χ0n) is 19.6. The number of para-hydroxylation sites is 1. The van der Waals surface area contributed by atoms with E-state index in [0.29, 0.717) is 16.7 Å². The van der Waals surface area contributed by atoms with Gasteiger partial charge in [0.05, 0.1) is 24.2 Å². The monoisotopic (exact) mass is 492 g/mol. The number of aromatic nitrogens is 3. The van der Waals surface area contributed by atoms with E-state index in [1.54, 1.807) is 19.2 Å². The van der Waals surface area contributed by atoms with Crippen LogP contribution in [0.15, 0.2) is 71.9 Å².